The van der Waals surface area contributed by atoms with Crippen molar-refractivity contribution in [2.45, 2.75) is 13.0 Å². The quantitative estimate of drug-likeness (QED) is 0.143. The van der Waals surface area contributed by atoms with E-state index >= 15 is 0 Å². The van der Waals surface area contributed by atoms with E-state index in [1.807, 2.05) is 84.9 Å². The summed E-state index contributed by atoms with van der Waals surface area (Å²) in [7, 11) is 0. The number of nitro groups is 1. The molecular weight excluding hydrogens is 554 g/mol. The summed E-state index contributed by atoms with van der Waals surface area (Å²) in [5.41, 5.74) is 8.78. The fourth-order valence-corrected chi connectivity index (χ4v) is 5.38. The Hall–Kier alpha value is -5.87. The Labute approximate surface area is 252 Å². The first kappa shape index (κ1) is 27.0. The number of amides is 1. The number of rotatable bonds is 7. The van der Waals surface area contributed by atoms with Gasteiger partial charge in [0, 0.05) is 41.2 Å². The number of hydrogen-bond donors (Lipinski definition) is 3. The molecule has 1 aliphatic rings. The second-order valence-corrected chi connectivity index (χ2v) is 10.6. The number of nitrogens with zero attached hydrogens (tertiary/aromatic N) is 4. The van der Waals surface area contributed by atoms with Gasteiger partial charge in [-0.15, -0.1) is 0 Å². The summed E-state index contributed by atoms with van der Waals surface area (Å²) in [5, 5.41) is 25.3. The third-order valence-electron chi connectivity index (χ3n) is 7.71. The Kier molecular flexibility index (Phi) is 7.01. The molecule has 0 atom stereocenters. The van der Waals surface area contributed by atoms with Crippen molar-refractivity contribution in [3.63, 3.8) is 0 Å². The molecule has 1 aliphatic heterocycles. The van der Waals surface area contributed by atoms with E-state index in [1.165, 1.54) is 17.2 Å². The third kappa shape index (κ3) is 5.49. The van der Waals surface area contributed by atoms with Gasteiger partial charge in [-0.2, -0.15) is 5.10 Å². The maximum absolute atomic E-state index is 12.9. The summed E-state index contributed by atoms with van der Waals surface area (Å²) in [6.45, 7) is 1.76. The minimum atomic E-state index is -0.394. The summed E-state index contributed by atoms with van der Waals surface area (Å²) in [5.74, 6) is 0.391. The lowest BCUT2D eigenvalue weighted by Gasteiger charge is -2.17. The van der Waals surface area contributed by atoms with Crippen molar-refractivity contribution in [2.24, 2.45) is 0 Å². The van der Waals surface area contributed by atoms with Gasteiger partial charge in [0.15, 0.2) is 0 Å². The molecule has 0 unspecified atom stereocenters. The molecule has 10 nitrogen and oxygen atoms in total. The number of benzene rings is 4. The zero-order valence-corrected chi connectivity index (χ0v) is 23.5. The lowest BCUT2D eigenvalue weighted by molar-refractivity contribution is -0.384. The Morgan fingerprint density at radius 3 is 2.45 bits per heavy atom. The topological polar surface area (TPSA) is 126 Å². The van der Waals surface area contributed by atoms with E-state index in [-0.39, 0.29) is 11.6 Å². The number of aromatic nitrogens is 3. The van der Waals surface area contributed by atoms with Crippen LogP contribution in [0.3, 0.4) is 0 Å². The van der Waals surface area contributed by atoms with Gasteiger partial charge in [-0.1, -0.05) is 42.5 Å². The van der Waals surface area contributed by atoms with Gasteiger partial charge in [0.05, 0.1) is 22.3 Å². The number of hydrogen-bond acceptors (Lipinski definition) is 7. The molecule has 6 aromatic rings. The number of nitrogens with one attached hydrogen (secondary N) is 3. The molecule has 0 radical (unpaired) electrons. The van der Waals surface area contributed by atoms with Crippen LogP contribution < -0.4 is 16.0 Å². The van der Waals surface area contributed by atoms with E-state index in [4.69, 9.17) is 4.98 Å². The summed E-state index contributed by atoms with van der Waals surface area (Å²) < 4.78 is 1.72. The Morgan fingerprint density at radius 2 is 1.64 bits per heavy atom. The smallest absolute Gasteiger partial charge is 0.270 e. The highest BCUT2D eigenvalue weighted by atomic mass is 16.6. The molecule has 4 aromatic carbocycles. The van der Waals surface area contributed by atoms with Gasteiger partial charge in [0.25, 0.3) is 11.6 Å². The maximum atomic E-state index is 12.9. The molecule has 216 valence electrons. The summed E-state index contributed by atoms with van der Waals surface area (Å²) >= 11 is 0. The fourth-order valence-electron chi connectivity index (χ4n) is 5.38. The zero-order valence-electron chi connectivity index (χ0n) is 23.5. The Bertz CT molecular complexity index is 2020. The molecule has 44 heavy (non-hydrogen) atoms. The van der Waals surface area contributed by atoms with E-state index in [1.54, 1.807) is 22.8 Å². The van der Waals surface area contributed by atoms with Crippen molar-refractivity contribution in [1.29, 1.82) is 0 Å². The van der Waals surface area contributed by atoms with Gasteiger partial charge in [0.2, 0.25) is 5.95 Å². The second kappa shape index (κ2) is 11.4. The molecule has 3 N–H and O–H groups in total. The molecule has 2 aromatic heterocycles. The molecule has 0 spiro atoms. The van der Waals surface area contributed by atoms with E-state index < -0.39 is 4.92 Å². The Morgan fingerprint density at radius 1 is 0.841 bits per heavy atom. The molecule has 10 heteroatoms. The largest absolute Gasteiger partial charge is 0.324 e. The van der Waals surface area contributed by atoms with Crippen LogP contribution in [0.5, 0.6) is 0 Å². The maximum Gasteiger partial charge on any atom is 0.270 e. The number of anilines is 3. The Balaban J connectivity index is 1.09. The minimum absolute atomic E-state index is 0.0536. The standard InChI is InChI=1S/C34H27N7O3/c42-33(26-8-9-27-21-35-16-14-25(27)18-26)37-28-10-12-29(13-11-28)38-34-39-32(20-30-15-17-36-40(30)34)23-6-4-22(5-7-23)24-2-1-3-31(19-24)41(43)44/h1-13,15,17-20,35H,14,16,21H2,(H,37,42)(H,38,39). The van der Waals surface area contributed by atoms with Crippen LogP contribution >= 0.6 is 0 Å². The van der Waals surface area contributed by atoms with Gasteiger partial charge >= 0.3 is 0 Å². The molecule has 0 aliphatic carbocycles. The summed E-state index contributed by atoms with van der Waals surface area (Å²) in [6, 6.07) is 31.5. The lowest BCUT2D eigenvalue weighted by atomic mass is 9.98. The molecule has 1 amide bonds. The van der Waals surface area contributed by atoms with Crippen LogP contribution in [0.2, 0.25) is 0 Å². The van der Waals surface area contributed by atoms with Crippen molar-refractivity contribution < 1.29 is 9.72 Å². The molecule has 0 fully saturated rings. The number of non-ortho nitro benzene ring substituents is 1. The van der Waals surface area contributed by atoms with Crippen LogP contribution in [-0.2, 0) is 13.0 Å². The number of nitro benzene ring substituents is 1. The normalized spacial score (nSPS) is 12.5. The van der Waals surface area contributed by atoms with Gasteiger partial charge in [-0.25, -0.2) is 9.50 Å². The highest BCUT2D eigenvalue weighted by Gasteiger charge is 2.14. The first-order valence-corrected chi connectivity index (χ1v) is 14.2. The first-order valence-electron chi connectivity index (χ1n) is 14.2. The van der Waals surface area contributed by atoms with Crippen LogP contribution in [0.15, 0.2) is 109 Å². The SMILES string of the molecule is O=C(Nc1ccc(Nc2nc(-c3ccc(-c4cccc([N+](=O)[O-])c4)cc3)cc3ccnn23)cc1)c1ccc2c(c1)CCNC2. The van der Waals surface area contributed by atoms with Crippen molar-refractivity contribution in [3.8, 4) is 22.4 Å². The minimum Gasteiger partial charge on any atom is -0.324 e. The predicted octanol–water partition coefficient (Wildman–Crippen LogP) is 6.61. The highest BCUT2D eigenvalue weighted by molar-refractivity contribution is 6.04. The van der Waals surface area contributed by atoms with Crippen LogP contribution in [0.4, 0.5) is 23.0 Å². The van der Waals surface area contributed by atoms with Gasteiger partial charge < -0.3 is 16.0 Å². The first-order chi connectivity index (χ1) is 21.5. The number of fused-ring (bicyclic) bond motifs is 2. The van der Waals surface area contributed by atoms with E-state index in [0.29, 0.717) is 17.2 Å². The van der Waals surface area contributed by atoms with Gasteiger partial charge in [-0.05, 0) is 83.8 Å². The monoisotopic (exact) mass is 581 g/mol. The van der Waals surface area contributed by atoms with Crippen LogP contribution in [0.25, 0.3) is 27.9 Å². The van der Waals surface area contributed by atoms with Crippen molar-refractivity contribution >= 4 is 34.4 Å². The molecule has 0 bridgehead atoms. The lowest BCUT2D eigenvalue weighted by Crippen LogP contribution is -2.24. The molecule has 0 saturated carbocycles. The highest BCUT2D eigenvalue weighted by Crippen LogP contribution is 2.29. The fraction of sp³-hybridized carbons (Fsp3) is 0.0882. The second-order valence-electron chi connectivity index (χ2n) is 10.6. The van der Waals surface area contributed by atoms with E-state index in [0.717, 1.165) is 53.1 Å². The zero-order chi connectivity index (χ0) is 30.0. The molecule has 3 heterocycles. The average Bonchev–Trinajstić information content (AvgIpc) is 3.55. The van der Waals surface area contributed by atoms with Gasteiger partial charge in [0.1, 0.15) is 0 Å². The van der Waals surface area contributed by atoms with Crippen LogP contribution in [-0.4, -0.2) is 32.0 Å². The van der Waals surface area contributed by atoms with Crippen molar-refractivity contribution in [3.05, 3.63) is 136 Å². The average molecular weight is 582 g/mol. The number of carbonyl (C=O) groups excluding carboxylic acids is 1. The van der Waals surface area contributed by atoms with Crippen LogP contribution in [0.1, 0.15) is 21.5 Å². The molecular formula is C34H27N7O3. The van der Waals surface area contributed by atoms with Gasteiger partial charge in [-0.3, -0.25) is 14.9 Å². The third-order valence-corrected chi connectivity index (χ3v) is 7.71. The summed E-state index contributed by atoms with van der Waals surface area (Å²) in [6.07, 6.45) is 2.63. The number of carbonyl (C=O) groups is 1. The predicted molar refractivity (Wildman–Crippen MR) is 170 cm³/mol. The van der Waals surface area contributed by atoms with Crippen molar-refractivity contribution in [1.82, 2.24) is 19.9 Å². The molecule has 7 rings (SSSR count). The van der Waals surface area contributed by atoms with E-state index in [2.05, 4.69) is 21.0 Å². The summed E-state index contributed by atoms with van der Waals surface area (Å²) in [4.78, 5) is 28.6. The van der Waals surface area contributed by atoms with E-state index in [9.17, 15) is 14.9 Å². The molecule has 0 saturated heterocycles. The van der Waals surface area contributed by atoms with Crippen LogP contribution in [0, 0.1) is 10.1 Å². The van der Waals surface area contributed by atoms with Crippen molar-refractivity contribution in [2.75, 3.05) is 17.2 Å².